The van der Waals surface area contributed by atoms with Gasteiger partial charge < -0.3 is 41.5 Å². The summed E-state index contributed by atoms with van der Waals surface area (Å²) in [4.78, 5) is 40.8. The van der Waals surface area contributed by atoms with E-state index in [0.29, 0.717) is 12.3 Å². The van der Waals surface area contributed by atoms with Gasteiger partial charge in [0.2, 0.25) is 0 Å². The fourth-order valence-corrected chi connectivity index (χ4v) is 2.31. The van der Waals surface area contributed by atoms with E-state index in [0.717, 1.165) is 5.56 Å². The van der Waals surface area contributed by atoms with Crippen LogP contribution in [0.3, 0.4) is 0 Å². The van der Waals surface area contributed by atoms with Crippen molar-refractivity contribution in [3.8, 4) is 0 Å². The molecule has 0 aliphatic carbocycles. The molecule has 0 aliphatic heterocycles. The van der Waals surface area contributed by atoms with Gasteiger partial charge in [0.15, 0.2) is 0 Å². The largest absolute Gasteiger partial charge is 0.482 e. The number of rotatable bonds is 9. The predicted molar refractivity (Wildman–Crippen MR) is 149 cm³/mol. The lowest BCUT2D eigenvalue weighted by molar-refractivity contribution is -0.140. The quantitative estimate of drug-likeness (QED) is 0.193. The van der Waals surface area contributed by atoms with Crippen LogP contribution in [0.1, 0.15) is 64.0 Å². The van der Waals surface area contributed by atoms with E-state index >= 15 is 0 Å². The summed E-state index contributed by atoms with van der Waals surface area (Å²) in [6.07, 6.45) is 4.87. The van der Waals surface area contributed by atoms with E-state index in [4.69, 9.17) is 31.1 Å². The Bertz CT molecular complexity index is 971. The number of aliphatic carboxylic acids is 2. The smallest absolute Gasteiger partial charge is 0.480 e. The molecule has 0 saturated carbocycles. The molecule has 2 aromatic rings. The van der Waals surface area contributed by atoms with Gasteiger partial charge >= 0.3 is 19.6 Å². The Kier molecular flexibility index (Phi) is 19.0. The average Bonchev–Trinajstić information content (AvgIpc) is 2.84. The number of amides is 1. The van der Waals surface area contributed by atoms with Crippen LogP contribution < -0.4 is 11.1 Å². The molecule has 0 bridgehead atoms. The molecular weight excluding hydrogens is 523 g/mol. The Morgan fingerprint density at radius 2 is 1.45 bits per heavy atom. The third-order valence-electron chi connectivity index (χ3n) is 5.22. The number of benzene rings is 1. The van der Waals surface area contributed by atoms with Gasteiger partial charge in [-0.1, -0.05) is 44.2 Å². The first kappa shape index (κ1) is 38.7. The topological polar surface area (TPSA) is 236 Å². The number of carboxylic acid groups (broad SMARTS) is 2. The third kappa shape index (κ3) is 18.8. The van der Waals surface area contributed by atoms with Crippen molar-refractivity contribution in [1.82, 2.24) is 15.3 Å². The van der Waals surface area contributed by atoms with E-state index in [1.54, 1.807) is 27.7 Å². The van der Waals surface area contributed by atoms with Crippen LogP contribution in [0.25, 0.3) is 0 Å². The molecule has 1 aromatic carbocycles. The summed E-state index contributed by atoms with van der Waals surface area (Å²) in [7, 11) is 0. The number of aromatic nitrogens is 2. The molecule has 0 spiro atoms. The van der Waals surface area contributed by atoms with E-state index in [1.807, 2.05) is 44.2 Å². The highest BCUT2D eigenvalue weighted by Gasteiger charge is 2.32. The lowest BCUT2D eigenvalue weighted by Gasteiger charge is -2.31. The predicted octanol–water partition coefficient (Wildman–Crippen LogP) is 0.380. The van der Waals surface area contributed by atoms with Gasteiger partial charge in [-0.25, -0.2) is 9.78 Å². The van der Waals surface area contributed by atoms with Gasteiger partial charge in [0.1, 0.15) is 17.8 Å². The number of nitrogens with zero attached hydrogens (tertiary/aromatic N) is 2. The zero-order valence-electron chi connectivity index (χ0n) is 23.7. The second-order valence-electron chi connectivity index (χ2n) is 9.95. The summed E-state index contributed by atoms with van der Waals surface area (Å²) in [5, 5.41) is 52.1. The maximum atomic E-state index is 11.9. The van der Waals surface area contributed by atoms with Crippen LogP contribution in [0.5, 0.6) is 0 Å². The number of carboxylic acids is 2. The number of nitrogens with two attached hydrogens (primary N) is 1. The van der Waals surface area contributed by atoms with Crippen molar-refractivity contribution in [3.63, 3.8) is 0 Å². The molecule has 0 saturated heterocycles. The molecule has 13 nitrogen and oxygen atoms in total. The zero-order valence-corrected chi connectivity index (χ0v) is 23.7. The first-order valence-electron chi connectivity index (χ1n) is 12.2. The van der Waals surface area contributed by atoms with Gasteiger partial charge in [0.05, 0.1) is 17.4 Å². The number of carbonyl (C=O) groups is 3. The van der Waals surface area contributed by atoms with Crippen LogP contribution in [0, 0.1) is 5.92 Å². The molecule has 9 N–H and O–H groups in total. The van der Waals surface area contributed by atoms with Crippen molar-refractivity contribution in [2.45, 2.75) is 77.7 Å². The van der Waals surface area contributed by atoms with Crippen molar-refractivity contribution in [2.24, 2.45) is 11.7 Å². The normalized spacial score (nSPS) is 12.1. The number of nitrogens with one attached hydrogen (secondary N) is 1. The Morgan fingerprint density at radius 1 is 0.950 bits per heavy atom. The first-order chi connectivity index (χ1) is 18.4. The summed E-state index contributed by atoms with van der Waals surface area (Å²) in [5.74, 6) is -2.20. The van der Waals surface area contributed by atoms with Crippen molar-refractivity contribution in [3.05, 3.63) is 60.2 Å². The van der Waals surface area contributed by atoms with E-state index in [2.05, 4.69) is 15.3 Å². The standard InChI is InChI=1S/C14H13N3O3.C6H13NO2.C6H14O2.BH2O2/c18-13(12-9-15-6-7-16-12)17-11(14(19)20)8-10-4-2-1-3-5-10;1-4(2)3-5(7)6(8)9;1-5(2,7)6(3,4)8;2-1-3/h1-7,9,11H,8H2,(H,17,18)(H,19,20);4-5H,3,7H2,1-2H3,(H,8,9);7-8H,1-4H3;2-3H/t11-;5-;;/m00../s1. The number of aliphatic hydroxyl groups is 2. The lowest BCUT2D eigenvalue weighted by Crippen LogP contribution is -2.44. The SMILES string of the molecule is CC(C)(O)C(C)(C)O.CC(C)C[C@H](N)C(=O)O.O=C(N[C@@H](Cc1ccccc1)C(=O)O)c1cnccn1.O[B]O. The molecule has 40 heavy (non-hydrogen) atoms. The fraction of sp³-hybridized carbons (Fsp3) is 0.500. The monoisotopic (exact) mass is 565 g/mol. The van der Waals surface area contributed by atoms with Crippen LogP contribution in [-0.2, 0) is 16.0 Å². The minimum Gasteiger partial charge on any atom is -0.480 e. The fourth-order valence-electron chi connectivity index (χ4n) is 2.31. The second-order valence-corrected chi connectivity index (χ2v) is 9.95. The van der Waals surface area contributed by atoms with Gasteiger partial charge in [-0.3, -0.25) is 14.6 Å². The van der Waals surface area contributed by atoms with Crippen LogP contribution in [-0.4, -0.2) is 89.3 Å². The van der Waals surface area contributed by atoms with Crippen LogP contribution in [0.4, 0.5) is 0 Å². The highest BCUT2D eigenvalue weighted by Crippen LogP contribution is 2.19. The number of hydrogen-bond acceptors (Lipinski definition) is 10. The van der Waals surface area contributed by atoms with Gasteiger partial charge in [-0.05, 0) is 45.6 Å². The Balaban J connectivity index is 0. The molecular formula is C26H42BN4O9. The summed E-state index contributed by atoms with van der Waals surface area (Å²) >= 11 is 0. The molecule has 0 aliphatic rings. The van der Waals surface area contributed by atoms with Gasteiger partial charge in [-0.2, -0.15) is 0 Å². The van der Waals surface area contributed by atoms with Gasteiger partial charge in [-0.15, -0.1) is 0 Å². The summed E-state index contributed by atoms with van der Waals surface area (Å²) < 4.78 is 0. The molecule has 0 unspecified atom stereocenters. The molecule has 223 valence electrons. The summed E-state index contributed by atoms with van der Waals surface area (Å²) in [5.41, 5.74) is 4.13. The lowest BCUT2D eigenvalue weighted by atomic mass is 9.90. The highest BCUT2D eigenvalue weighted by molar-refractivity contribution is 6.13. The zero-order chi connectivity index (χ0) is 31.5. The maximum absolute atomic E-state index is 11.9. The third-order valence-corrected chi connectivity index (χ3v) is 5.22. The molecule has 2 atom stereocenters. The Labute approximate surface area is 235 Å². The minimum absolute atomic E-state index is 0. The van der Waals surface area contributed by atoms with Crippen LogP contribution in [0.2, 0.25) is 0 Å². The second kappa shape index (κ2) is 19.6. The van der Waals surface area contributed by atoms with Crippen LogP contribution in [0.15, 0.2) is 48.9 Å². The van der Waals surface area contributed by atoms with Crippen molar-refractivity contribution in [2.75, 3.05) is 0 Å². The van der Waals surface area contributed by atoms with Crippen LogP contribution >= 0.6 is 0 Å². The van der Waals surface area contributed by atoms with E-state index < -0.39 is 41.1 Å². The summed E-state index contributed by atoms with van der Waals surface area (Å²) in [6, 6.07) is 7.40. The molecule has 1 heterocycles. The number of carbonyl (C=O) groups excluding carboxylic acids is 1. The molecule has 2 rings (SSSR count). The van der Waals surface area contributed by atoms with E-state index in [9.17, 15) is 19.5 Å². The Hall–Kier alpha value is -3.43. The minimum atomic E-state index is -1.09. The van der Waals surface area contributed by atoms with E-state index in [1.165, 1.54) is 18.6 Å². The average molecular weight is 565 g/mol. The molecule has 1 amide bonds. The van der Waals surface area contributed by atoms with Crippen molar-refractivity contribution < 1.29 is 44.9 Å². The molecule has 1 aromatic heterocycles. The molecule has 1 radical (unpaired) electrons. The Morgan fingerprint density at radius 3 is 1.77 bits per heavy atom. The van der Waals surface area contributed by atoms with E-state index in [-0.39, 0.29) is 19.8 Å². The van der Waals surface area contributed by atoms with Gasteiger partial charge in [0.25, 0.3) is 5.91 Å². The molecule has 0 fully saturated rings. The molecule has 14 heteroatoms. The van der Waals surface area contributed by atoms with Gasteiger partial charge in [0, 0.05) is 18.8 Å². The maximum Gasteiger partial charge on any atom is 0.482 e. The van der Waals surface area contributed by atoms with Crippen molar-refractivity contribution >= 4 is 25.5 Å². The highest BCUT2D eigenvalue weighted by atomic mass is 16.4. The summed E-state index contributed by atoms with van der Waals surface area (Å²) in [6.45, 7) is 10.2. The first-order valence-corrected chi connectivity index (χ1v) is 12.2. The number of hydrogen-bond donors (Lipinski definition) is 8. The van der Waals surface area contributed by atoms with Crippen molar-refractivity contribution in [1.29, 1.82) is 0 Å².